The minimum Gasteiger partial charge on any atom is -0.435 e. The van der Waals surface area contributed by atoms with E-state index in [1.54, 1.807) is 30.7 Å². The molecule has 1 saturated heterocycles. The van der Waals surface area contributed by atoms with Crippen molar-refractivity contribution < 1.29 is 32.3 Å². The molecule has 0 bridgehead atoms. The molecule has 1 fully saturated rings. The Morgan fingerprint density at radius 3 is 2.48 bits per heavy atom. The molecule has 0 saturated carbocycles. The average molecular weight is 608 g/mol. The van der Waals surface area contributed by atoms with Gasteiger partial charge in [-0.1, -0.05) is 0 Å². The molecular weight excluding hydrogens is 570 g/mol. The highest BCUT2D eigenvalue weighted by Gasteiger charge is 2.32. The number of hydrogen-bond acceptors (Lipinski definition) is 7. The Balaban J connectivity index is 1.24. The van der Waals surface area contributed by atoms with Crippen molar-refractivity contribution in [1.82, 2.24) is 19.3 Å². The molecule has 1 aliphatic heterocycles. The van der Waals surface area contributed by atoms with Crippen molar-refractivity contribution in [2.45, 2.75) is 39.0 Å². The van der Waals surface area contributed by atoms with Crippen LogP contribution in [-0.2, 0) is 9.53 Å². The van der Waals surface area contributed by atoms with E-state index in [-0.39, 0.29) is 17.9 Å². The maximum atomic E-state index is 13.4. The van der Waals surface area contributed by atoms with Gasteiger partial charge in [0.25, 0.3) is 12.4 Å². The Morgan fingerprint density at radius 2 is 1.84 bits per heavy atom. The van der Waals surface area contributed by atoms with Crippen molar-refractivity contribution >= 4 is 29.5 Å². The first-order valence-electron chi connectivity index (χ1n) is 14.5. The number of carbonyl (C=O) groups excluding carboxylic acids is 2. The fourth-order valence-electron chi connectivity index (χ4n) is 5.59. The molecule has 4 aromatic rings. The number of alkyl halides is 2. The summed E-state index contributed by atoms with van der Waals surface area (Å²) in [6, 6.07) is 12.0. The fraction of sp³-hybridized carbons (Fsp3) is 0.375. The number of aryl methyl sites for hydroxylation is 1. The van der Waals surface area contributed by atoms with Crippen LogP contribution in [-0.4, -0.2) is 83.2 Å². The van der Waals surface area contributed by atoms with Crippen LogP contribution in [0.4, 0.5) is 20.3 Å². The highest BCUT2D eigenvalue weighted by Crippen LogP contribution is 2.29. The SMILES string of the molecule is Cc1cc(Nc2nccn3c(-c4ccc(OC(F)F)cc4)cnc23)ccc1C(=O)N1CCC(CC(OC=O)[N+](C)(C)C)CC1. The standard InChI is InChI=1S/C32H36F2N6O4/c1-21-17-24(7-10-26(21)31(42)38-14-11-22(12-15-38)18-28(43-20-41)40(2,3)4)37-29-30-36-19-27(39(30)16-13-35-29)23-5-8-25(9-6-23)44-32(33)34/h5-10,13,16-17,19-20,22,28,32H,11-12,14-15,18H2,1-4H3/p+1. The van der Waals surface area contributed by atoms with Crippen LogP contribution >= 0.6 is 0 Å². The normalized spacial score (nSPS) is 14.9. The number of hydrogen-bond donors (Lipinski definition) is 1. The van der Waals surface area contributed by atoms with E-state index >= 15 is 0 Å². The number of quaternary nitrogens is 1. The van der Waals surface area contributed by atoms with Gasteiger partial charge in [0.2, 0.25) is 6.23 Å². The molecule has 1 N–H and O–H groups in total. The molecule has 0 spiro atoms. The third kappa shape index (κ3) is 6.96. The molecular formula is C32H37F2N6O4+. The lowest BCUT2D eigenvalue weighted by molar-refractivity contribution is -0.917. The van der Waals surface area contributed by atoms with Gasteiger partial charge in [-0.3, -0.25) is 18.5 Å². The zero-order valence-corrected chi connectivity index (χ0v) is 25.2. The zero-order chi connectivity index (χ0) is 31.4. The molecule has 232 valence electrons. The molecule has 1 amide bonds. The zero-order valence-electron chi connectivity index (χ0n) is 25.2. The molecule has 44 heavy (non-hydrogen) atoms. The maximum Gasteiger partial charge on any atom is 0.387 e. The number of nitrogens with zero attached hydrogens (tertiary/aromatic N) is 5. The van der Waals surface area contributed by atoms with Crippen molar-refractivity contribution in [1.29, 1.82) is 0 Å². The van der Waals surface area contributed by atoms with Crippen LogP contribution in [0.15, 0.2) is 61.1 Å². The van der Waals surface area contributed by atoms with Crippen LogP contribution in [0, 0.1) is 12.8 Å². The van der Waals surface area contributed by atoms with Gasteiger partial charge in [0.15, 0.2) is 11.5 Å². The number of fused-ring (bicyclic) bond motifs is 1. The summed E-state index contributed by atoms with van der Waals surface area (Å²) < 4.78 is 37.2. The molecule has 12 heteroatoms. The van der Waals surface area contributed by atoms with Crippen molar-refractivity contribution in [3.05, 3.63) is 72.2 Å². The number of aromatic nitrogens is 3. The van der Waals surface area contributed by atoms with Gasteiger partial charge in [-0.15, -0.1) is 0 Å². The smallest absolute Gasteiger partial charge is 0.387 e. The third-order valence-corrected chi connectivity index (χ3v) is 8.04. The number of benzene rings is 2. The van der Waals surface area contributed by atoms with Gasteiger partial charge >= 0.3 is 6.61 Å². The highest BCUT2D eigenvalue weighted by molar-refractivity contribution is 5.96. The lowest BCUT2D eigenvalue weighted by atomic mass is 9.91. The van der Waals surface area contributed by atoms with Crippen LogP contribution in [0.3, 0.4) is 0 Å². The summed E-state index contributed by atoms with van der Waals surface area (Å²) in [5.74, 6) is 0.995. The Bertz CT molecular complexity index is 1610. The number of ether oxygens (including phenoxy) is 2. The summed E-state index contributed by atoms with van der Waals surface area (Å²) in [6.45, 7) is 0.868. The third-order valence-electron chi connectivity index (χ3n) is 8.04. The number of piperidine rings is 1. The van der Waals surface area contributed by atoms with E-state index in [1.165, 1.54) is 12.1 Å². The number of likely N-dealkylation sites (tertiary alicyclic amines) is 1. The van der Waals surface area contributed by atoms with E-state index in [1.807, 2.05) is 55.6 Å². The maximum absolute atomic E-state index is 13.4. The van der Waals surface area contributed by atoms with Gasteiger partial charge in [0, 0.05) is 48.7 Å². The minimum absolute atomic E-state index is 0.00267. The second-order valence-electron chi connectivity index (χ2n) is 11.9. The van der Waals surface area contributed by atoms with E-state index < -0.39 is 6.61 Å². The fourth-order valence-corrected chi connectivity index (χ4v) is 5.59. The van der Waals surface area contributed by atoms with Crippen LogP contribution in [0.1, 0.15) is 35.2 Å². The average Bonchev–Trinajstić information content (AvgIpc) is 3.42. The second kappa shape index (κ2) is 13.0. The van der Waals surface area contributed by atoms with Crippen LogP contribution in [0.5, 0.6) is 5.75 Å². The predicted molar refractivity (Wildman–Crippen MR) is 162 cm³/mol. The van der Waals surface area contributed by atoms with Gasteiger partial charge in [0.1, 0.15) is 5.75 Å². The van der Waals surface area contributed by atoms with Crippen LogP contribution in [0.25, 0.3) is 16.9 Å². The van der Waals surface area contributed by atoms with E-state index in [2.05, 4.69) is 20.0 Å². The molecule has 2 aromatic heterocycles. The molecule has 2 aromatic carbocycles. The predicted octanol–water partition coefficient (Wildman–Crippen LogP) is 5.50. The lowest BCUT2D eigenvalue weighted by Gasteiger charge is -2.37. The van der Waals surface area contributed by atoms with Gasteiger partial charge in [-0.05, 0) is 73.7 Å². The Kier molecular flexibility index (Phi) is 9.09. The van der Waals surface area contributed by atoms with Crippen molar-refractivity contribution in [3.8, 4) is 17.0 Å². The first kappa shape index (κ1) is 30.9. The van der Waals surface area contributed by atoms with Crippen molar-refractivity contribution in [3.63, 3.8) is 0 Å². The summed E-state index contributed by atoms with van der Waals surface area (Å²) >= 11 is 0. The monoisotopic (exact) mass is 607 g/mol. The Labute approximate surface area is 254 Å². The summed E-state index contributed by atoms with van der Waals surface area (Å²) in [6.07, 6.45) is 7.40. The molecule has 1 atom stereocenters. The first-order chi connectivity index (χ1) is 21.0. The number of amides is 1. The molecule has 1 unspecified atom stereocenters. The van der Waals surface area contributed by atoms with Gasteiger partial charge in [0.05, 0.1) is 33.0 Å². The number of rotatable bonds is 11. The van der Waals surface area contributed by atoms with Crippen LogP contribution < -0.4 is 10.1 Å². The first-order valence-corrected chi connectivity index (χ1v) is 14.5. The number of carbonyl (C=O) groups is 2. The van der Waals surface area contributed by atoms with Crippen molar-refractivity contribution in [2.24, 2.45) is 5.92 Å². The molecule has 0 aliphatic carbocycles. The van der Waals surface area contributed by atoms with Crippen molar-refractivity contribution in [2.75, 3.05) is 39.5 Å². The van der Waals surface area contributed by atoms with E-state index in [9.17, 15) is 18.4 Å². The molecule has 3 heterocycles. The van der Waals surface area contributed by atoms with E-state index in [4.69, 9.17) is 4.74 Å². The van der Waals surface area contributed by atoms with Gasteiger partial charge < -0.3 is 19.7 Å². The summed E-state index contributed by atoms with van der Waals surface area (Å²) in [5, 5.41) is 3.31. The quantitative estimate of drug-likeness (QED) is 0.137. The summed E-state index contributed by atoms with van der Waals surface area (Å²) in [4.78, 5) is 35.3. The summed E-state index contributed by atoms with van der Waals surface area (Å²) in [5.41, 5.74) is 4.38. The number of anilines is 2. The Morgan fingerprint density at radius 1 is 1.11 bits per heavy atom. The van der Waals surface area contributed by atoms with E-state index in [0.717, 1.165) is 41.8 Å². The molecule has 0 radical (unpaired) electrons. The number of imidazole rings is 1. The largest absolute Gasteiger partial charge is 0.435 e. The Hall–Kier alpha value is -4.58. The lowest BCUT2D eigenvalue weighted by Crippen LogP contribution is -2.48. The minimum atomic E-state index is -2.88. The van der Waals surface area contributed by atoms with E-state index in [0.29, 0.717) is 47.0 Å². The number of halogens is 2. The molecule has 10 nitrogen and oxygen atoms in total. The summed E-state index contributed by atoms with van der Waals surface area (Å²) in [7, 11) is 6.03. The molecule has 5 rings (SSSR count). The molecule has 1 aliphatic rings. The highest BCUT2D eigenvalue weighted by atomic mass is 19.3. The van der Waals surface area contributed by atoms with Gasteiger partial charge in [-0.25, -0.2) is 9.97 Å². The number of nitrogens with one attached hydrogen (secondary N) is 1. The second-order valence-corrected chi connectivity index (χ2v) is 11.9. The topological polar surface area (TPSA) is 98.1 Å². The van der Waals surface area contributed by atoms with Crippen LogP contribution in [0.2, 0.25) is 0 Å². The van der Waals surface area contributed by atoms with Gasteiger partial charge in [-0.2, -0.15) is 8.78 Å².